The third-order valence-electron chi connectivity index (χ3n) is 4.40. The van der Waals surface area contributed by atoms with Crippen LogP contribution in [0.1, 0.15) is 17.9 Å². The zero-order valence-corrected chi connectivity index (χ0v) is 15.7. The van der Waals surface area contributed by atoms with Crippen molar-refractivity contribution in [3.8, 4) is 11.4 Å². The number of rotatable bonds is 7. The number of carbonyl (C=O) groups excluding carboxylic acids is 1. The summed E-state index contributed by atoms with van der Waals surface area (Å²) in [5.41, 5.74) is 2.93. The second kappa shape index (κ2) is 8.22. The fraction of sp³-hybridized carbons (Fsp3) is 0.200. The zero-order chi connectivity index (χ0) is 19.3. The second-order valence-electron chi connectivity index (χ2n) is 6.36. The molecule has 4 rings (SSSR count). The predicted octanol–water partition coefficient (Wildman–Crippen LogP) is 3.56. The van der Waals surface area contributed by atoms with Crippen LogP contribution in [-0.2, 0) is 17.6 Å². The molecule has 3 heterocycles. The molecule has 0 atom stereocenters. The fourth-order valence-electron chi connectivity index (χ4n) is 2.97. The third kappa shape index (κ3) is 4.20. The van der Waals surface area contributed by atoms with E-state index >= 15 is 0 Å². The smallest absolute Gasteiger partial charge is 0.227 e. The van der Waals surface area contributed by atoms with Crippen LogP contribution in [0.25, 0.3) is 22.3 Å². The minimum absolute atomic E-state index is 0.0565. The molecule has 0 aliphatic rings. The van der Waals surface area contributed by atoms with Crippen LogP contribution in [0.5, 0.6) is 0 Å². The Bertz CT molecular complexity index is 1090. The number of halogens is 1. The predicted molar refractivity (Wildman–Crippen MR) is 106 cm³/mol. The number of carbonyl (C=O) groups is 1. The lowest BCUT2D eigenvalue weighted by molar-refractivity contribution is -0.121. The summed E-state index contributed by atoms with van der Waals surface area (Å²) in [4.78, 5) is 23.6. The minimum atomic E-state index is -0.0565. The molecule has 142 valence electrons. The van der Waals surface area contributed by atoms with Gasteiger partial charge in [-0.3, -0.25) is 9.78 Å². The first-order valence-electron chi connectivity index (χ1n) is 8.94. The number of nitrogens with one attached hydrogen (secondary N) is 2. The maximum Gasteiger partial charge on any atom is 0.227 e. The Morgan fingerprint density at radius 3 is 3.04 bits per heavy atom. The van der Waals surface area contributed by atoms with Crippen molar-refractivity contribution < 1.29 is 9.32 Å². The number of aryl methyl sites for hydroxylation is 1. The van der Waals surface area contributed by atoms with Crippen molar-refractivity contribution in [1.29, 1.82) is 0 Å². The molecular weight excluding hydrogens is 378 g/mol. The molecule has 0 aliphatic carbocycles. The van der Waals surface area contributed by atoms with Gasteiger partial charge < -0.3 is 14.8 Å². The highest BCUT2D eigenvalue weighted by atomic mass is 35.5. The lowest BCUT2D eigenvalue weighted by atomic mass is 10.1. The highest BCUT2D eigenvalue weighted by Gasteiger charge is 2.11. The quantitative estimate of drug-likeness (QED) is 0.498. The van der Waals surface area contributed by atoms with Gasteiger partial charge in [-0.25, -0.2) is 0 Å². The molecule has 7 nitrogen and oxygen atoms in total. The zero-order valence-electron chi connectivity index (χ0n) is 15.0. The lowest BCUT2D eigenvalue weighted by Gasteiger charge is -2.04. The number of H-pyrrole nitrogens is 1. The summed E-state index contributed by atoms with van der Waals surface area (Å²) in [5.74, 6) is 0.848. The van der Waals surface area contributed by atoms with Crippen molar-refractivity contribution in [3.63, 3.8) is 0 Å². The average Bonchev–Trinajstić information content (AvgIpc) is 3.34. The molecule has 0 unspecified atom stereocenters. The van der Waals surface area contributed by atoms with E-state index in [1.807, 2.05) is 30.5 Å². The van der Waals surface area contributed by atoms with Crippen molar-refractivity contribution in [2.24, 2.45) is 0 Å². The van der Waals surface area contributed by atoms with Gasteiger partial charge >= 0.3 is 0 Å². The molecule has 0 saturated carbocycles. The molecule has 0 bridgehead atoms. The Kier molecular flexibility index (Phi) is 5.34. The molecule has 3 aromatic heterocycles. The first-order chi connectivity index (χ1) is 13.7. The van der Waals surface area contributed by atoms with E-state index in [-0.39, 0.29) is 12.3 Å². The van der Waals surface area contributed by atoms with E-state index in [2.05, 4.69) is 25.4 Å². The Morgan fingerprint density at radius 1 is 1.25 bits per heavy atom. The van der Waals surface area contributed by atoms with Gasteiger partial charge in [0, 0.05) is 59.5 Å². The molecule has 0 saturated heterocycles. The Morgan fingerprint density at radius 2 is 2.18 bits per heavy atom. The minimum Gasteiger partial charge on any atom is -0.361 e. The number of fused-ring (bicyclic) bond motifs is 1. The SMILES string of the molecule is O=C(CCc1nc(-c2cccnc2)no1)NCCc1c[nH]c2ccc(Cl)cc12. The van der Waals surface area contributed by atoms with Gasteiger partial charge in [0.15, 0.2) is 0 Å². The number of aromatic amines is 1. The van der Waals surface area contributed by atoms with Crippen LogP contribution in [0, 0.1) is 0 Å². The molecule has 28 heavy (non-hydrogen) atoms. The average molecular weight is 396 g/mol. The van der Waals surface area contributed by atoms with E-state index in [0.717, 1.165) is 28.5 Å². The van der Waals surface area contributed by atoms with E-state index in [0.29, 0.717) is 29.7 Å². The van der Waals surface area contributed by atoms with Crippen molar-refractivity contribution in [1.82, 2.24) is 25.4 Å². The fourth-order valence-corrected chi connectivity index (χ4v) is 3.14. The number of benzene rings is 1. The largest absolute Gasteiger partial charge is 0.361 e. The van der Waals surface area contributed by atoms with E-state index in [4.69, 9.17) is 16.1 Å². The number of aromatic nitrogens is 4. The molecule has 1 aromatic carbocycles. The molecule has 0 spiro atoms. The van der Waals surface area contributed by atoms with Crippen LogP contribution in [0.2, 0.25) is 5.02 Å². The van der Waals surface area contributed by atoms with Crippen LogP contribution in [0.4, 0.5) is 0 Å². The number of pyridine rings is 1. The lowest BCUT2D eigenvalue weighted by Crippen LogP contribution is -2.25. The Balaban J connectivity index is 1.26. The first-order valence-corrected chi connectivity index (χ1v) is 9.32. The van der Waals surface area contributed by atoms with Crippen molar-refractivity contribution >= 4 is 28.4 Å². The summed E-state index contributed by atoms with van der Waals surface area (Å²) in [5, 5.41) is 8.62. The molecule has 0 radical (unpaired) electrons. The van der Waals surface area contributed by atoms with Gasteiger partial charge in [0.2, 0.25) is 17.6 Å². The molecular formula is C20H18ClN5O2. The highest BCUT2D eigenvalue weighted by molar-refractivity contribution is 6.31. The van der Waals surface area contributed by atoms with Gasteiger partial charge in [-0.05, 0) is 42.3 Å². The van der Waals surface area contributed by atoms with Crippen LogP contribution >= 0.6 is 11.6 Å². The maximum atomic E-state index is 12.1. The number of nitrogens with zero attached hydrogens (tertiary/aromatic N) is 3. The molecule has 0 fully saturated rings. The van der Waals surface area contributed by atoms with Gasteiger partial charge in [0.1, 0.15) is 0 Å². The molecule has 4 aromatic rings. The Labute approximate surface area is 166 Å². The van der Waals surface area contributed by atoms with Gasteiger partial charge in [-0.15, -0.1) is 0 Å². The van der Waals surface area contributed by atoms with Crippen LogP contribution in [-0.4, -0.2) is 32.6 Å². The van der Waals surface area contributed by atoms with Gasteiger partial charge in [-0.2, -0.15) is 4.98 Å². The van der Waals surface area contributed by atoms with E-state index in [1.165, 1.54) is 0 Å². The van der Waals surface area contributed by atoms with Crippen LogP contribution in [0.15, 0.2) is 53.4 Å². The summed E-state index contributed by atoms with van der Waals surface area (Å²) in [6, 6.07) is 9.39. The summed E-state index contributed by atoms with van der Waals surface area (Å²) < 4.78 is 5.21. The second-order valence-corrected chi connectivity index (χ2v) is 6.79. The number of hydrogen-bond acceptors (Lipinski definition) is 5. The van der Waals surface area contributed by atoms with Crippen molar-refractivity contribution in [3.05, 3.63) is 65.4 Å². The van der Waals surface area contributed by atoms with Crippen molar-refractivity contribution in [2.75, 3.05) is 6.54 Å². The molecule has 8 heteroatoms. The monoisotopic (exact) mass is 395 g/mol. The standard InChI is InChI=1S/C20H18ClN5O2/c21-15-3-4-17-16(10-15)13(12-24-17)7-9-23-18(27)5-6-19-25-20(26-28-19)14-2-1-8-22-11-14/h1-4,8,10-12,24H,5-7,9H2,(H,23,27). The summed E-state index contributed by atoms with van der Waals surface area (Å²) >= 11 is 6.07. The molecule has 0 aliphatic heterocycles. The third-order valence-corrected chi connectivity index (χ3v) is 4.63. The van der Waals surface area contributed by atoms with E-state index in [9.17, 15) is 4.79 Å². The first kappa shape index (κ1) is 18.2. The van der Waals surface area contributed by atoms with E-state index in [1.54, 1.807) is 18.5 Å². The molecule has 2 N–H and O–H groups in total. The number of hydrogen-bond donors (Lipinski definition) is 2. The summed E-state index contributed by atoms with van der Waals surface area (Å²) in [7, 11) is 0. The highest BCUT2D eigenvalue weighted by Crippen LogP contribution is 2.22. The normalized spacial score (nSPS) is 11.0. The Hall–Kier alpha value is -3.19. The number of amides is 1. The maximum absolute atomic E-state index is 12.1. The summed E-state index contributed by atoms with van der Waals surface area (Å²) in [6.07, 6.45) is 6.69. The van der Waals surface area contributed by atoms with Crippen LogP contribution in [0.3, 0.4) is 0 Å². The van der Waals surface area contributed by atoms with Crippen molar-refractivity contribution in [2.45, 2.75) is 19.3 Å². The van der Waals surface area contributed by atoms with E-state index < -0.39 is 0 Å². The topological polar surface area (TPSA) is 96.7 Å². The van der Waals surface area contributed by atoms with Crippen LogP contribution < -0.4 is 5.32 Å². The van der Waals surface area contributed by atoms with Gasteiger partial charge in [0.05, 0.1) is 0 Å². The summed E-state index contributed by atoms with van der Waals surface area (Å²) in [6.45, 7) is 0.545. The molecule has 1 amide bonds. The van der Waals surface area contributed by atoms with Gasteiger partial charge in [0.25, 0.3) is 0 Å². The van der Waals surface area contributed by atoms with Gasteiger partial charge in [-0.1, -0.05) is 16.8 Å².